The Morgan fingerprint density at radius 1 is 1.03 bits per heavy atom. The van der Waals surface area contributed by atoms with Gasteiger partial charge >= 0.3 is 0 Å². The summed E-state index contributed by atoms with van der Waals surface area (Å²) in [6.07, 6.45) is 0. The highest BCUT2D eigenvalue weighted by atomic mass is 19.1. The molecule has 0 aliphatic carbocycles. The number of hydrogen-bond donors (Lipinski definition) is 0. The van der Waals surface area contributed by atoms with Crippen LogP contribution < -0.4 is 4.90 Å². The molecule has 162 valence electrons. The third kappa shape index (κ3) is 4.94. The van der Waals surface area contributed by atoms with E-state index < -0.39 is 0 Å². The first-order chi connectivity index (χ1) is 15.0. The van der Waals surface area contributed by atoms with Crippen LogP contribution in [0.3, 0.4) is 0 Å². The minimum atomic E-state index is -0.303. The molecule has 1 aliphatic rings. The van der Waals surface area contributed by atoms with E-state index in [0.717, 1.165) is 42.9 Å². The first-order valence-corrected chi connectivity index (χ1v) is 10.5. The Morgan fingerprint density at radius 2 is 1.71 bits per heavy atom. The molecular formula is C24H27FN4O2. The maximum atomic E-state index is 13.5. The minimum Gasteiger partial charge on any atom is -0.338 e. The van der Waals surface area contributed by atoms with Gasteiger partial charge in [-0.15, -0.1) is 0 Å². The lowest BCUT2D eigenvalue weighted by molar-refractivity contribution is -0.130. The largest absolute Gasteiger partial charge is 0.338 e. The average Bonchev–Trinajstić information content (AvgIpc) is 3.18. The molecule has 2 aromatic carbocycles. The van der Waals surface area contributed by atoms with Gasteiger partial charge in [0, 0.05) is 45.2 Å². The highest BCUT2D eigenvalue weighted by Crippen LogP contribution is 2.33. The molecular weight excluding hydrogens is 395 g/mol. The van der Waals surface area contributed by atoms with E-state index in [1.807, 2.05) is 30.3 Å². The summed E-state index contributed by atoms with van der Waals surface area (Å²) in [5.41, 5.74) is 3.32. The summed E-state index contributed by atoms with van der Waals surface area (Å²) in [7, 11) is 2.10. The molecule has 0 radical (unpaired) electrons. The zero-order valence-corrected chi connectivity index (χ0v) is 17.9. The number of piperazine rings is 1. The molecule has 0 N–H and O–H groups in total. The number of nitrogens with zero attached hydrogens (tertiary/aromatic N) is 4. The van der Waals surface area contributed by atoms with Gasteiger partial charge in [0.2, 0.25) is 11.8 Å². The van der Waals surface area contributed by atoms with Gasteiger partial charge in [-0.3, -0.25) is 4.79 Å². The van der Waals surface area contributed by atoms with Gasteiger partial charge in [0.15, 0.2) is 0 Å². The molecule has 3 aromatic rings. The first-order valence-electron chi connectivity index (χ1n) is 10.5. The monoisotopic (exact) mass is 422 g/mol. The van der Waals surface area contributed by atoms with Crippen LogP contribution in [-0.2, 0) is 17.9 Å². The Balaban J connectivity index is 1.69. The zero-order valence-electron chi connectivity index (χ0n) is 17.9. The predicted molar refractivity (Wildman–Crippen MR) is 118 cm³/mol. The van der Waals surface area contributed by atoms with Gasteiger partial charge in [-0.25, -0.2) is 4.39 Å². The van der Waals surface area contributed by atoms with Crippen LogP contribution in [0.2, 0.25) is 0 Å². The predicted octanol–water partition coefficient (Wildman–Crippen LogP) is 3.78. The Morgan fingerprint density at radius 3 is 2.35 bits per heavy atom. The molecule has 0 saturated carbocycles. The summed E-state index contributed by atoms with van der Waals surface area (Å²) in [5, 5.41) is 4.34. The van der Waals surface area contributed by atoms with Crippen LogP contribution >= 0.6 is 0 Å². The molecule has 1 saturated heterocycles. The van der Waals surface area contributed by atoms with Gasteiger partial charge in [-0.1, -0.05) is 35.5 Å². The fourth-order valence-electron chi connectivity index (χ4n) is 3.81. The second-order valence-corrected chi connectivity index (χ2v) is 7.97. The maximum Gasteiger partial charge on any atom is 0.232 e. The summed E-state index contributed by atoms with van der Waals surface area (Å²) < 4.78 is 19.3. The molecule has 1 amide bonds. The van der Waals surface area contributed by atoms with E-state index in [-0.39, 0.29) is 11.7 Å². The maximum absolute atomic E-state index is 13.5. The van der Waals surface area contributed by atoms with E-state index in [0.29, 0.717) is 24.7 Å². The van der Waals surface area contributed by atoms with Gasteiger partial charge in [0.1, 0.15) is 11.5 Å². The minimum absolute atomic E-state index is 0.0283. The number of halogens is 1. The van der Waals surface area contributed by atoms with E-state index in [1.54, 1.807) is 24.0 Å². The lowest BCUT2D eigenvalue weighted by Crippen LogP contribution is -2.44. The highest BCUT2D eigenvalue weighted by molar-refractivity contribution is 5.75. The highest BCUT2D eigenvalue weighted by Gasteiger charge is 2.27. The Kier molecular flexibility index (Phi) is 6.32. The summed E-state index contributed by atoms with van der Waals surface area (Å²) >= 11 is 0. The van der Waals surface area contributed by atoms with Crippen LogP contribution in [0.25, 0.3) is 11.3 Å². The van der Waals surface area contributed by atoms with E-state index in [9.17, 15) is 9.18 Å². The fourth-order valence-corrected chi connectivity index (χ4v) is 3.81. The Hall–Kier alpha value is -3.19. The summed E-state index contributed by atoms with van der Waals surface area (Å²) in [5.74, 6) is 0.355. The van der Waals surface area contributed by atoms with E-state index in [4.69, 9.17) is 4.52 Å². The molecule has 1 fully saturated rings. The third-order valence-corrected chi connectivity index (χ3v) is 5.69. The van der Waals surface area contributed by atoms with Gasteiger partial charge in [-0.05, 0) is 36.9 Å². The van der Waals surface area contributed by atoms with Crippen molar-refractivity contribution in [1.29, 1.82) is 0 Å². The van der Waals surface area contributed by atoms with Crippen molar-refractivity contribution < 1.29 is 13.7 Å². The fraction of sp³-hybridized carbons (Fsp3) is 0.333. The van der Waals surface area contributed by atoms with Gasteiger partial charge in [-0.2, -0.15) is 0 Å². The number of aromatic nitrogens is 1. The lowest BCUT2D eigenvalue weighted by Gasteiger charge is -2.32. The number of amides is 1. The van der Waals surface area contributed by atoms with E-state index >= 15 is 0 Å². The van der Waals surface area contributed by atoms with E-state index in [1.165, 1.54) is 12.1 Å². The topological polar surface area (TPSA) is 52.8 Å². The smallest absolute Gasteiger partial charge is 0.232 e. The number of carbonyl (C=O) groups excluding carboxylic acids is 1. The molecule has 2 heterocycles. The van der Waals surface area contributed by atoms with Crippen molar-refractivity contribution in [2.45, 2.75) is 20.0 Å². The molecule has 0 unspecified atom stereocenters. The first kappa shape index (κ1) is 21.1. The average molecular weight is 423 g/mol. The van der Waals surface area contributed by atoms with Crippen molar-refractivity contribution in [2.24, 2.45) is 0 Å². The Bertz CT molecular complexity index is 1010. The number of hydrogen-bond acceptors (Lipinski definition) is 5. The summed E-state index contributed by atoms with van der Waals surface area (Å²) in [4.78, 5) is 18.7. The molecule has 0 atom stereocenters. The standard InChI is InChI=1S/C24H27FN4O2/c1-18(30)29(16-19-6-4-3-5-7-19)17-22-23(20-8-10-21(25)11-9-20)26-31-24(22)28-14-12-27(2)13-15-28/h3-11H,12-17H2,1-2H3. The van der Waals surface area contributed by atoms with Crippen LogP contribution in [0.4, 0.5) is 10.3 Å². The second kappa shape index (κ2) is 9.31. The number of benzene rings is 2. The molecule has 0 bridgehead atoms. The molecule has 1 aromatic heterocycles. The van der Waals surface area contributed by atoms with Crippen LogP contribution in [0.1, 0.15) is 18.1 Å². The Labute approximate surface area is 181 Å². The number of likely N-dealkylation sites (N-methyl/N-ethyl adjacent to an activating group) is 1. The van der Waals surface area contributed by atoms with Crippen LogP contribution in [0.5, 0.6) is 0 Å². The number of anilines is 1. The molecule has 31 heavy (non-hydrogen) atoms. The van der Waals surface area contributed by atoms with Crippen LogP contribution in [0.15, 0.2) is 59.1 Å². The van der Waals surface area contributed by atoms with Crippen molar-refractivity contribution in [3.8, 4) is 11.3 Å². The summed E-state index contributed by atoms with van der Waals surface area (Å²) in [6, 6.07) is 16.1. The van der Waals surface area contributed by atoms with E-state index in [2.05, 4.69) is 22.0 Å². The van der Waals surface area contributed by atoms with Crippen molar-refractivity contribution in [2.75, 3.05) is 38.1 Å². The van der Waals surface area contributed by atoms with Crippen LogP contribution in [-0.4, -0.2) is 54.1 Å². The van der Waals surface area contributed by atoms with Crippen molar-refractivity contribution in [3.05, 3.63) is 71.5 Å². The molecule has 6 nitrogen and oxygen atoms in total. The molecule has 0 spiro atoms. The molecule has 1 aliphatic heterocycles. The third-order valence-electron chi connectivity index (χ3n) is 5.69. The second-order valence-electron chi connectivity index (χ2n) is 7.97. The van der Waals surface area contributed by atoms with Crippen LogP contribution in [0, 0.1) is 5.82 Å². The molecule has 4 rings (SSSR count). The van der Waals surface area contributed by atoms with Crippen molar-refractivity contribution >= 4 is 11.8 Å². The van der Waals surface area contributed by atoms with Gasteiger partial charge in [0.05, 0.1) is 12.1 Å². The van der Waals surface area contributed by atoms with Gasteiger partial charge < -0.3 is 19.2 Å². The van der Waals surface area contributed by atoms with Gasteiger partial charge in [0.25, 0.3) is 0 Å². The SMILES string of the molecule is CC(=O)N(Cc1ccccc1)Cc1c(-c2ccc(F)cc2)noc1N1CCN(C)CC1. The zero-order chi connectivity index (χ0) is 21.8. The summed E-state index contributed by atoms with van der Waals surface area (Å²) in [6.45, 7) is 5.91. The number of carbonyl (C=O) groups is 1. The van der Waals surface area contributed by atoms with Crippen molar-refractivity contribution in [3.63, 3.8) is 0 Å². The quantitative estimate of drug-likeness (QED) is 0.605. The van der Waals surface area contributed by atoms with Crippen molar-refractivity contribution in [1.82, 2.24) is 15.0 Å². The lowest BCUT2D eigenvalue weighted by atomic mass is 10.1. The number of rotatable bonds is 6. The normalized spacial score (nSPS) is 14.6. The molecule has 7 heteroatoms.